The van der Waals surface area contributed by atoms with Crippen molar-refractivity contribution in [2.45, 2.75) is 63.0 Å². The van der Waals surface area contributed by atoms with Crippen molar-refractivity contribution >= 4 is 6.03 Å². The van der Waals surface area contributed by atoms with Gasteiger partial charge in [0.25, 0.3) is 0 Å². The van der Waals surface area contributed by atoms with Crippen LogP contribution in [0.15, 0.2) is 18.2 Å². The van der Waals surface area contributed by atoms with Gasteiger partial charge in [-0.1, -0.05) is 6.07 Å². The van der Waals surface area contributed by atoms with Crippen LogP contribution >= 0.6 is 0 Å². The topological polar surface area (TPSA) is 65.1 Å². The summed E-state index contributed by atoms with van der Waals surface area (Å²) < 4.78 is 52.4. The smallest absolute Gasteiger partial charge is 0.323 e. The van der Waals surface area contributed by atoms with Crippen LogP contribution in [0, 0.1) is 22.6 Å². The number of benzene rings is 1. The lowest BCUT2D eigenvalue weighted by atomic mass is 9.56. The average molecular weight is 504 g/mol. The Labute approximate surface area is 206 Å². The minimum absolute atomic E-state index is 0.109. The molecule has 10 heteroatoms. The molecular weight excluding hydrogens is 474 g/mol. The van der Waals surface area contributed by atoms with Gasteiger partial charge in [-0.3, -0.25) is 5.10 Å². The molecular formula is C26H29F4N5O. The Morgan fingerprint density at radius 1 is 1.00 bits per heavy atom. The zero-order valence-corrected chi connectivity index (χ0v) is 20.0. The van der Waals surface area contributed by atoms with Crippen LogP contribution in [0.1, 0.15) is 73.1 Å². The van der Waals surface area contributed by atoms with Crippen LogP contribution in [0.3, 0.4) is 0 Å². The molecule has 0 bridgehead atoms. The first-order valence-corrected chi connectivity index (χ1v) is 12.9. The molecule has 7 rings (SSSR count). The SMILES string of the molecule is O=C(N1CC2(CC(Cc3ccc(C(F)(F)F)cc3F)C2)C1)N1CC2(CC(c3n[nH]c(C4CC4)n3)C2)C1. The Kier molecular flexibility index (Phi) is 4.66. The number of hydrogen-bond acceptors (Lipinski definition) is 3. The molecule has 2 saturated heterocycles. The second-order valence-corrected chi connectivity index (χ2v) is 12.2. The summed E-state index contributed by atoms with van der Waals surface area (Å²) in [5.74, 6) is 2.42. The normalized spacial score (nSPS) is 24.9. The molecule has 0 atom stereocenters. The van der Waals surface area contributed by atoms with Gasteiger partial charge in [0.15, 0.2) is 5.82 Å². The number of aromatic amines is 1. The predicted molar refractivity (Wildman–Crippen MR) is 122 cm³/mol. The molecule has 0 unspecified atom stereocenters. The Morgan fingerprint density at radius 3 is 2.22 bits per heavy atom. The van der Waals surface area contributed by atoms with Crippen molar-refractivity contribution < 1.29 is 22.4 Å². The molecule has 3 heterocycles. The minimum Gasteiger partial charge on any atom is -0.323 e. The van der Waals surface area contributed by atoms with Crippen LogP contribution < -0.4 is 0 Å². The molecule has 2 aliphatic heterocycles. The molecule has 2 spiro atoms. The maximum Gasteiger partial charge on any atom is 0.416 e. The number of alkyl halides is 3. The van der Waals surface area contributed by atoms with Crippen molar-refractivity contribution in [2.75, 3.05) is 26.2 Å². The van der Waals surface area contributed by atoms with E-state index in [2.05, 4.69) is 15.2 Å². The summed E-state index contributed by atoms with van der Waals surface area (Å²) >= 11 is 0. The number of halogens is 4. The van der Waals surface area contributed by atoms with E-state index >= 15 is 0 Å². The van der Waals surface area contributed by atoms with Crippen molar-refractivity contribution in [1.29, 1.82) is 0 Å². The number of carbonyl (C=O) groups is 1. The number of aromatic nitrogens is 3. The maximum absolute atomic E-state index is 14.2. The van der Waals surface area contributed by atoms with E-state index in [4.69, 9.17) is 0 Å². The molecule has 36 heavy (non-hydrogen) atoms. The Hall–Kier alpha value is -2.65. The van der Waals surface area contributed by atoms with Gasteiger partial charge in [-0.2, -0.15) is 18.3 Å². The molecule has 1 aromatic carbocycles. The van der Waals surface area contributed by atoms with Crippen molar-refractivity contribution in [3.8, 4) is 0 Å². The summed E-state index contributed by atoms with van der Waals surface area (Å²) in [6.45, 7) is 3.07. The van der Waals surface area contributed by atoms with Gasteiger partial charge in [0.2, 0.25) is 0 Å². The maximum atomic E-state index is 14.2. The van der Waals surface area contributed by atoms with Crippen molar-refractivity contribution in [3.05, 3.63) is 46.8 Å². The van der Waals surface area contributed by atoms with E-state index in [1.165, 1.54) is 18.9 Å². The molecule has 6 nitrogen and oxygen atoms in total. The van der Waals surface area contributed by atoms with Crippen LogP contribution in [-0.4, -0.2) is 57.2 Å². The summed E-state index contributed by atoms with van der Waals surface area (Å²) in [6.07, 6.45) is 2.20. The highest BCUT2D eigenvalue weighted by atomic mass is 19.4. The van der Waals surface area contributed by atoms with Crippen molar-refractivity contribution in [3.63, 3.8) is 0 Å². The first-order chi connectivity index (χ1) is 17.1. The van der Waals surface area contributed by atoms with E-state index in [0.29, 0.717) is 29.9 Å². The van der Waals surface area contributed by atoms with Crippen LogP contribution in [0.5, 0.6) is 0 Å². The van der Waals surface area contributed by atoms with E-state index in [9.17, 15) is 22.4 Å². The number of hydrogen-bond donors (Lipinski definition) is 1. The largest absolute Gasteiger partial charge is 0.416 e. The molecule has 1 N–H and O–H groups in total. The molecule has 1 aromatic heterocycles. The highest BCUT2D eigenvalue weighted by Gasteiger charge is 2.58. The summed E-state index contributed by atoms with van der Waals surface area (Å²) in [7, 11) is 0. The fourth-order valence-corrected chi connectivity index (χ4v) is 7.20. The number of urea groups is 1. The van der Waals surface area contributed by atoms with E-state index in [1.807, 2.05) is 9.80 Å². The fourth-order valence-electron chi connectivity index (χ4n) is 7.20. The van der Waals surface area contributed by atoms with E-state index in [-0.39, 0.29) is 22.8 Å². The molecule has 5 fully saturated rings. The third-order valence-electron chi connectivity index (χ3n) is 9.19. The number of carbonyl (C=O) groups excluding carboxylic acids is 1. The van der Waals surface area contributed by atoms with Crippen molar-refractivity contribution in [1.82, 2.24) is 25.0 Å². The third kappa shape index (κ3) is 3.70. The Morgan fingerprint density at radius 2 is 1.64 bits per heavy atom. The van der Waals surface area contributed by atoms with Gasteiger partial charge in [-0.05, 0) is 68.6 Å². The average Bonchev–Trinajstić information content (AvgIpc) is 3.44. The van der Waals surface area contributed by atoms with Gasteiger partial charge in [0.1, 0.15) is 11.6 Å². The lowest BCUT2D eigenvalue weighted by Crippen LogP contribution is -2.71. The van der Waals surface area contributed by atoms with Gasteiger partial charge >= 0.3 is 12.2 Å². The molecule has 0 radical (unpaired) electrons. The van der Waals surface area contributed by atoms with Crippen LogP contribution in [-0.2, 0) is 12.6 Å². The fraction of sp³-hybridized carbons (Fsp3) is 0.654. The Bertz CT molecular complexity index is 1190. The van der Waals surface area contributed by atoms with Crippen LogP contribution in [0.25, 0.3) is 0 Å². The lowest BCUT2D eigenvalue weighted by molar-refractivity contribution is -0.137. The second-order valence-electron chi connectivity index (χ2n) is 12.2. The third-order valence-corrected chi connectivity index (χ3v) is 9.19. The molecule has 2 amide bonds. The number of nitrogens with zero attached hydrogens (tertiary/aromatic N) is 4. The number of amides is 2. The first kappa shape index (κ1) is 22.5. The summed E-state index contributed by atoms with van der Waals surface area (Å²) in [5.41, 5.74) is -0.268. The number of nitrogens with one attached hydrogen (secondary N) is 1. The number of H-pyrrole nitrogens is 1. The molecule has 192 valence electrons. The second kappa shape index (κ2) is 7.44. The van der Waals surface area contributed by atoms with Gasteiger partial charge in [-0.15, -0.1) is 0 Å². The van der Waals surface area contributed by atoms with E-state index < -0.39 is 17.6 Å². The lowest BCUT2D eigenvalue weighted by Gasteiger charge is -2.63. The first-order valence-electron chi connectivity index (χ1n) is 12.9. The van der Waals surface area contributed by atoms with Crippen LogP contribution in [0.2, 0.25) is 0 Å². The quantitative estimate of drug-likeness (QED) is 0.591. The van der Waals surface area contributed by atoms with Gasteiger partial charge < -0.3 is 9.80 Å². The van der Waals surface area contributed by atoms with Crippen LogP contribution in [0.4, 0.5) is 22.4 Å². The zero-order chi connectivity index (χ0) is 24.9. The minimum atomic E-state index is -4.53. The molecule has 3 aliphatic carbocycles. The van der Waals surface area contributed by atoms with E-state index in [0.717, 1.165) is 69.6 Å². The standard InChI is InChI=1S/C26H29F4N5O/c27-20-6-19(26(28,29)30)4-3-17(20)5-15-7-24(8-15)11-34(12-24)23(36)35-13-25(14-35)9-18(10-25)22-31-21(32-33-22)16-1-2-16/h3-4,6,15-16,18H,1-2,5,7-14H2,(H,31,32,33). The summed E-state index contributed by atoms with van der Waals surface area (Å²) in [5, 5.41) is 7.51. The van der Waals surface area contributed by atoms with Gasteiger partial charge in [0, 0.05) is 48.8 Å². The van der Waals surface area contributed by atoms with Gasteiger partial charge in [0.05, 0.1) is 5.56 Å². The van der Waals surface area contributed by atoms with Crippen molar-refractivity contribution in [2.24, 2.45) is 16.7 Å². The summed E-state index contributed by atoms with van der Waals surface area (Å²) in [6, 6.07) is 2.92. The molecule has 2 aromatic rings. The monoisotopic (exact) mass is 503 g/mol. The van der Waals surface area contributed by atoms with E-state index in [1.54, 1.807) is 0 Å². The zero-order valence-electron chi connectivity index (χ0n) is 20.0. The number of likely N-dealkylation sites (tertiary alicyclic amines) is 2. The Balaban J connectivity index is 0.850. The molecule has 3 saturated carbocycles. The number of rotatable bonds is 4. The highest BCUT2D eigenvalue weighted by molar-refractivity contribution is 5.77. The predicted octanol–water partition coefficient (Wildman–Crippen LogP) is 5.09. The molecule has 5 aliphatic rings. The van der Waals surface area contributed by atoms with Gasteiger partial charge in [-0.25, -0.2) is 14.2 Å². The highest BCUT2D eigenvalue weighted by Crippen LogP contribution is 2.57. The summed E-state index contributed by atoms with van der Waals surface area (Å²) in [4.78, 5) is 21.5.